The number of carbonyl (C=O) groups excluding carboxylic acids is 8. The highest BCUT2D eigenvalue weighted by molar-refractivity contribution is 9.11. The van der Waals surface area contributed by atoms with Crippen molar-refractivity contribution in [2.24, 2.45) is 21.6 Å². The average molecular weight is 1950 g/mol. The first-order valence-electron chi connectivity index (χ1n) is 35.6. The second-order valence-corrected chi connectivity index (χ2v) is 29.5. The van der Waals surface area contributed by atoms with E-state index in [4.69, 9.17) is 27.5 Å². The molecule has 4 aromatic heterocycles. The van der Waals surface area contributed by atoms with Crippen molar-refractivity contribution in [1.82, 2.24) is 24.8 Å². The zero-order valence-corrected chi connectivity index (χ0v) is 70.1. The maximum Gasteiger partial charge on any atom is 0.259 e. The number of hydrogen-bond acceptors (Lipinski definition) is 18. The molecule has 13 rings (SSSR count). The van der Waals surface area contributed by atoms with Gasteiger partial charge in [0.25, 0.3) is 47.3 Å². The number of nitrogen functional groups attached to an aromatic ring is 1. The van der Waals surface area contributed by atoms with E-state index in [2.05, 4.69) is 136 Å². The molecule has 124 heavy (non-hydrogen) atoms. The quantitative estimate of drug-likeness (QED) is 0.0111. The standard InChI is InChI=1S/C23H18BrF2N5O2.C21H15BrF2N4O2.C20H14BrF2N5O3.C20H14BrF2N5O2/c1-31-9-8-27-21(31)13-2-4-14(5-3-13)22(32)29-19-11-18(26)17(25)10-16(19)23(33)30-20-7-6-15(24)12-28-20;1-11(25)12-2-4-13(5-3-12)20(29)27-18-9-17(24)16(23)8-15(18)21(30)28-19-7-6-14(22)10-26-19;21-12-5-6-17(25-9-12)27-20(30)13-7-14(22)15(23)8-16(13)26-19(29)11-3-1-10(2-4-11)18(24)28-31;21-12-5-6-17(26-9-12)28-20(30)13-7-14(22)15(23)8-16(13)27-19(29)11-3-1-10(2-4-11)18(24)25/h2-7,10-12H,8-9H2,1H3,(H,29,32)(H,28,30,33);2-10,25H,1H3,(H,27,29)(H,26,28,30);1-9,31H,(H2,24,28)(H,26,29)(H,25,27,30);1-9H,(H3,24,25)(H,27,29)(H,26,28,30). The summed E-state index contributed by atoms with van der Waals surface area (Å²) in [5.41, 5.74) is 12.4. The van der Waals surface area contributed by atoms with E-state index in [1.165, 1.54) is 110 Å². The molecule has 1 aliphatic heterocycles. The molecule has 0 saturated carbocycles. The van der Waals surface area contributed by atoms with Gasteiger partial charge in [-0.05, 0) is 198 Å². The van der Waals surface area contributed by atoms with E-state index in [0.29, 0.717) is 71.1 Å². The van der Waals surface area contributed by atoms with Gasteiger partial charge in [0.1, 0.15) is 34.9 Å². The van der Waals surface area contributed by atoms with E-state index in [1.54, 1.807) is 67.6 Å². The number of amides is 8. The van der Waals surface area contributed by atoms with Crippen LogP contribution in [0.3, 0.4) is 0 Å². The fourth-order valence-corrected chi connectivity index (χ4v) is 11.7. The van der Waals surface area contributed by atoms with E-state index in [0.717, 1.165) is 42.2 Å². The van der Waals surface area contributed by atoms with Gasteiger partial charge >= 0.3 is 0 Å². The van der Waals surface area contributed by atoms with E-state index in [-0.39, 0.29) is 102 Å². The van der Waals surface area contributed by atoms with Crippen LogP contribution in [-0.2, 0) is 0 Å². The summed E-state index contributed by atoms with van der Waals surface area (Å²) in [6.07, 6.45) is 5.83. The topological polar surface area (TPSA) is 432 Å². The number of halogens is 12. The first-order valence-corrected chi connectivity index (χ1v) is 38.7. The fourth-order valence-electron chi connectivity index (χ4n) is 10.8. The number of anilines is 8. The number of likely N-dealkylation sites (N-methyl/N-ethyl adjacent to an activating group) is 1. The van der Waals surface area contributed by atoms with Crippen molar-refractivity contribution in [3.63, 3.8) is 0 Å². The summed E-state index contributed by atoms with van der Waals surface area (Å²) in [6.45, 7) is 3.15. The highest BCUT2D eigenvalue weighted by Crippen LogP contribution is 2.29. The number of oxime groups is 1. The molecule has 8 amide bonds. The minimum atomic E-state index is -1.25. The SMILES string of the molecule is CC(=N)c1ccc(C(=O)Nc2cc(F)c(F)cc2C(=O)Nc2ccc(Br)cn2)cc1.CN1CCN=C1c1ccc(C(=O)Nc2cc(F)c(F)cc2C(=O)Nc2ccc(Br)cn2)cc1.N=C(N)c1ccc(C(=O)Nc2cc(F)c(F)cc2C(=O)Nc2ccc(Br)cn2)cc1.NC(=NO)c1ccc(C(=O)Nc2cc(F)c(F)cc2C(=O)Nc2ccc(Br)cn2)cc1. The second-order valence-electron chi connectivity index (χ2n) is 25.8. The first-order chi connectivity index (χ1) is 59.1. The largest absolute Gasteiger partial charge is 0.409 e. The highest BCUT2D eigenvalue weighted by Gasteiger charge is 2.26. The lowest BCUT2D eigenvalue weighted by atomic mass is 10.1. The zero-order chi connectivity index (χ0) is 89.8. The average Bonchev–Trinajstić information content (AvgIpc) is 0.851. The number of nitrogens with zero attached hydrogens (tertiary/aromatic N) is 7. The van der Waals surface area contributed by atoms with Crippen LogP contribution >= 0.6 is 63.7 Å². The molecule has 0 unspecified atom stereocenters. The molecule has 0 aliphatic carbocycles. The smallest absolute Gasteiger partial charge is 0.259 e. The number of benzene rings is 8. The molecule has 12 aromatic rings. The Morgan fingerprint density at radius 2 is 0.613 bits per heavy atom. The minimum absolute atomic E-state index is 0.139. The van der Waals surface area contributed by atoms with Crippen LogP contribution in [0.25, 0.3) is 0 Å². The van der Waals surface area contributed by atoms with Gasteiger partial charge in [0.15, 0.2) is 52.4 Å². The summed E-state index contributed by atoms with van der Waals surface area (Å²) in [6, 6.07) is 42.7. The summed E-state index contributed by atoms with van der Waals surface area (Å²) < 4.78 is 113. The van der Waals surface area contributed by atoms with Crippen LogP contribution in [0, 0.1) is 57.4 Å². The number of amidine groups is 3. The summed E-state index contributed by atoms with van der Waals surface area (Å²) in [7, 11) is 1.94. The predicted molar refractivity (Wildman–Crippen MR) is 463 cm³/mol. The molecule has 15 N–H and O–H groups in total. The van der Waals surface area contributed by atoms with Gasteiger partial charge < -0.3 is 69.5 Å². The van der Waals surface area contributed by atoms with Crippen LogP contribution in [0.15, 0.2) is 247 Å². The van der Waals surface area contributed by atoms with Gasteiger partial charge in [-0.3, -0.25) is 48.8 Å². The van der Waals surface area contributed by atoms with Gasteiger partial charge in [0, 0.05) is 125 Å². The number of nitrogens with one attached hydrogen (secondary N) is 10. The van der Waals surface area contributed by atoms with Crippen LogP contribution in [0.1, 0.15) is 112 Å². The third kappa shape index (κ3) is 24.8. The summed E-state index contributed by atoms with van der Waals surface area (Å²) in [5.74, 6) is -14.2. The molecule has 0 fully saturated rings. The monoisotopic (exact) mass is 1950 g/mol. The molecule has 8 aromatic carbocycles. The van der Waals surface area contributed by atoms with Crippen LogP contribution in [0.5, 0.6) is 0 Å². The Hall–Kier alpha value is -14.6. The van der Waals surface area contributed by atoms with E-state index in [1.807, 2.05) is 11.9 Å². The number of aliphatic imine (C=N–C) groups is 1. The summed E-state index contributed by atoms with van der Waals surface area (Å²) in [5, 5.41) is 46.1. The lowest BCUT2D eigenvalue weighted by Crippen LogP contribution is -2.23. The Kier molecular flexibility index (Phi) is 31.1. The van der Waals surface area contributed by atoms with E-state index in [9.17, 15) is 73.5 Å². The lowest BCUT2D eigenvalue weighted by Gasteiger charge is -2.14. The summed E-state index contributed by atoms with van der Waals surface area (Å²) >= 11 is 12.9. The van der Waals surface area contributed by atoms with Gasteiger partial charge in [-0.25, -0.2) is 55.1 Å². The second kappa shape index (κ2) is 42.0. The maximum absolute atomic E-state index is 13.9. The van der Waals surface area contributed by atoms with Crippen molar-refractivity contribution in [3.8, 4) is 0 Å². The Morgan fingerprint density at radius 1 is 0.363 bits per heavy atom. The predicted octanol–water partition coefficient (Wildman–Crippen LogP) is 17.0. The van der Waals surface area contributed by atoms with Crippen LogP contribution < -0.4 is 54.0 Å². The van der Waals surface area contributed by atoms with Gasteiger partial charge in [-0.2, -0.15) is 0 Å². The van der Waals surface area contributed by atoms with Gasteiger partial charge in [-0.15, -0.1) is 0 Å². The lowest BCUT2D eigenvalue weighted by molar-refractivity contribution is 0.101. The molecule has 0 atom stereocenters. The van der Waals surface area contributed by atoms with Crippen molar-refractivity contribution >= 4 is 180 Å². The van der Waals surface area contributed by atoms with Crippen molar-refractivity contribution in [3.05, 3.63) is 350 Å². The number of carbonyl (C=O) groups is 8. The molecule has 0 spiro atoms. The Morgan fingerprint density at radius 3 is 0.847 bits per heavy atom. The van der Waals surface area contributed by atoms with Gasteiger partial charge in [-0.1, -0.05) is 53.7 Å². The van der Waals surface area contributed by atoms with Crippen molar-refractivity contribution in [1.29, 1.82) is 10.8 Å². The fraction of sp³-hybridized carbons (Fsp3) is 0.0476. The molecular weight excluding hydrogens is 1890 g/mol. The van der Waals surface area contributed by atoms with Gasteiger partial charge in [0.05, 0.1) is 51.5 Å². The molecule has 0 saturated heterocycles. The minimum Gasteiger partial charge on any atom is -0.409 e. The van der Waals surface area contributed by atoms with Gasteiger partial charge in [0.2, 0.25) is 0 Å². The normalized spacial score (nSPS) is 11.3. The Bertz CT molecular complexity index is 6000. The van der Waals surface area contributed by atoms with Crippen LogP contribution in [-0.4, -0.2) is 121 Å². The molecule has 0 bridgehead atoms. The number of hydrogen-bond donors (Lipinski definition) is 13. The molecule has 5 heterocycles. The summed E-state index contributed by atoms with van der Waals surface area (Å²) in [4.78, 5) is 123. The third-order valence-corrected chi connectivity index (χ3v) is 19.0. The molecule has 1 aliphatic rings. The molecule has 40 heteroatoms. The number of aromatic nitrogens is 4. The molecule has 630 valence electrons. The van der Waals surface area contributed by atoms with Crippen LogP contribution in [0.2, 0.25) is 0 Å². The Labute approximate surface area is 731 Å². The number of nitrogens with two attached hydrogens (primary N) is 2. The van der Waals surface area contributed by atoms with Crippen LogP contribution in [0.4, 0.5) is 81.1 Å². The highest BCUT2D eigenvalue weighted by atomic mass is 79.9. The third-order valence-electron chi connectivity index (χ3n) is 17.1. The zero-order valence-electron chi connectivity index (χ0n) is 63.7. The number of pyridine rings is 4. The number of rotatable bonds is 20. The maximum atomic E-state index is 13.9. The molecular formula is C84H61Br4F8N19O9. The van der Waals surface area contributed by atoms with E-state index >= 15 is 0 Å². The Balaban J connectivity index is 0.000000173. The van der Waals surface area contributed by atoms with Crippen molar-refractivity contribution < 1.29 is 78.7 Å². The van der Waals surface area contributed by atoms with E-state index < -0.39 is 93.8 Å². The van der Waals surface area contributed by atoms with Crippen molar-refractivity contribution in [2.75, 3.05) is 62.7 Å². The van der Waals surface area contributed by atoms with Crippen molar-refractivity contribution in [2.45, 2.75) is 6.92 Å². The molecule has 0 radical (unpaired) electrons. The molecule has 28 nitrogen and oxygen atoms in total. The first kappa shape index (κ1) is 91.7.